The minimum absolute atomic E-state index is 0.276. The summed E-state index contributed by atoms with van der Waals surface area (Å²) in [6, 6.07) is 9.68. The van der Waals surface area contributed by atoms with Gasteiger partial charge in [-0.15, -0.1) is 0 Å². The van der Waals surface area contributed by atoms with Crippen LogP contribution in [0.1, 0.15) is 12.1 Å². The van der Waals surface area contributed by atoms with Gasteiger partial charge in [0.2, 0.25) is 5.88 Å². The van der Waals surface area contributed by atoms with Crippen molar-refractivity contribution in [2.75, 3.05) is 32.1 Å². The molecule has 1 fully saturated rings. The molecule has 8 heteroatoms. The minimum atomic E-state index is 0.276. The van der Waals surface area contributed by atoms with Gasteiger partial charge in [0, 0.05) is 38.4 Å². The molecule has 0 saturated carbocycles. The van der Waals surface area contributed by atoms with E-state index in [1.54, 1.807) is 20.4 Å². The third kappa shape index (κ3) is 4.54. The van der Waals surface area contributed by atoms with E-state index in [1.165, 1.54) is 0 Å². The summed E-state index contributed by atoms with van der Waals surface area (Å²) in [5, 5.41) is 7.42. The molecule has 7 nitrogen and oxygen atoms in total. The highest BCUT2D eigenvalue weighted by Crippen LogP contribution is 2.25. The molecular formula is C18H23ClN6O. The fourth-order valence-corrected chi connectivity index (χ4v) is 3.15. The summed E-state index contributed by atoms with van der Waals surface area (Å²) >= 11 is 6.25. The van der Waals surface area contributed by atoms with E-state index in [2.05, 4.69) is 30.5 Å². The summed E-state index contributed by atoms with van der Waals surface area (Å²) in [5.41, 5.74) is 0.889. The van der Waals surface area contributed by atoms with Crippen molar-refractivity contribution in [1.82, 2.24) is 20.6 Å². The lowest BCUT2D eigenvalue weighted by molar-refractivity contribution is 0.396. The van der Waals surface area contributed by atoms with Crippen molar-refractivity contribution in [3.05, 3.63) is 47.2 Å². The molecule has 0 aromatic carbocycles. The Hall–Kier alpha value is -2.54. The zero-order valence-corrected chi connectivity index (χ0v) is 15.7. The molecule has 1 saturated heterocycles. The lowest BCUT2D eigenvalue weighted by Crippen LogP contribution is -2.44. The standard InChI is InChI=1S/C18H23ClN6O/c1-20-18(22-11-13-5-3-7-16(23-13)26-2)24-14-8-10-25(12-14)17-15(19)6-4-9-21-17/h3-7,9,14H,8,10-12H2,1-2H3,(H2,20,22,24). The second kappa shape index (κ2) is 8.71. The highest BCUT2D eigenvalue weighted by atomic mass is 35.5. The van der Waals surface area contributed by atoms with Crippen LogP contribution < -0.4 is 20.3 Å². The van der Waals surface area contributed by atoms with Crippen molar-refractivity contribution in [3.8, 4) is 5.88 Å². The number of nitrogens with one attached hydrogen (secondary N) is 2. The van der Waals surface area contributed by atoms with Crippen LogP contribution in [0.5, 0.6) is 5.88 Å². The number of rotatable bonds is 5. The van der Waals surface area contributed by atoms with E-state index in [0.29, 0.717) is 17.4 Å². The Kier molecular flexibility index (Phi) is 6.12. The quantitative estimate of drug-likeness (QED) is 0.616. The first-order valence-corrected chi connectivity index (χ1v) is 8.90. The SMILES string of the molecule is CN=C(NCc1cccc(OC)n1)NC1CCN(c2ncccc2Cl)C1. The van der Waals surface area contributed by atoms with E-state index < -0.39 is 0 Å². The number of hydrogen-bond acceptors (Lipinski definition) is 5. The number of nitrogens with zero attached hydrogens (tertiary/aromatic N) is 4. The average molecular weight is 375 g/mol. The molecule has 1 atom stereocenters. The van der Waals surface area contributed by atoms with Gasteiger partial charge in [-0.2, -0.15) is 0 Å². The maximum atomic E-state index is 6.25. The molecule has 0 amide bonds. The summed E-state index contributed by atoms with van der Waals surface area (Å²) in [4.78, 5) is 15.3. The number of hydrogen-bond donors (Lipinski definition) is 2. The Morgan fingerprint density at radius 2 is 2.27 bits per heavy atom. The molecule has 2 aromatic rings. The molecule has 26 heavy (non-hydrogen) atoms. The van der Waals surface area contributed by atoms with Gasteiger partial charge < -0.3 is 20.3 Å². The normalized spacial score (nSPS) is 17.3. The van der Waals surface area contributed by atoms with Gasteiger partial charge in [0.05, 0.1) is 24.4 Å². The molecule has 0 aliphatic carbocycles. The van der Waals surface area contributed by atoms with Crippen molar-refractivity contribution in [2.45, 2.75) is 19.0 Å². The Labute approximate surface area is 158 Å². The van der Waals surface area contributed by atoms with E-state index in [1.807, 2.05) is 30.3 Å². The zero-order valence-electron chi connectivity index (χ0n) is 14.9. The van der Waals surface area contributed by atoms with Gasteiger partial charge in [-0.1, -0.05) is 17.7 Å². The molecule has 1 aliphatic heterocycles. The Bertz CT molecular complexity index is 769. The van der Waals surface area contributed by atoms with Gasteiger partial charge in [-0.25, -0.2) is 9.97 Å². The smallest absolute Gasteiger partial charge is 0.213 e. The van der Waals surface area contributed by atoms with Crippen LogP contribution in [0.2, 0.25) is 5.02 Å². The number of guanidine groups is 1. The van der Waals surface area contributed by atoms with Crippen LogP contribution >= 0.6 is 11.6 Å². The van der Waals surface area contributed by atoms with Gasteiger partial charge in [0.15, 0.2) is 5.96 Å². The van der Waals surface area contributed by atoms with Crippen molar-refractivity contribution >= 4 is 23.4 Å². The second-order valence-corrected chi connectivity index (χ2v) is 6.39. The van der Waals surface area contributed by atoms with Crippen LogP contribution in [0.3, 0.4) is 0 Å². The van der Waals surface area contributed by atoms with E-state index in [9.17, 15) is 0 Å². The monoisotopic (exact) mass is 374 g/mol. The number of pyridine rings is 2. The van der Waals surface area contributed by atoms with Crippen LogP contribution in [0.4, 0.5) is 5.82 Å². The van der Waals surface area contributed by atoms with E-state index in [0.717, 1.165) is 37.0 Å². The van der Waals surface area contributed by atoms with Crippen molar-refractivity contribution in [3.63, 3.8) is 0 Å². The molecule has 0 radical (unpaired) electrons. The van der Waals surface area contributed by atoms with E-state index in [4.69, 9.17) is 16.3 Å². The number of methoxy groups -OCH3 is 1. The first-order chi connectivity index (χ1) is 12.7. The molecule has 2 aromatic heterocycles. The third-order valence-corrected chi connectivity index (χ3v) is 4.51. The highest BCUT2D eigenvalue weighted by Gasteiger charge is 2.25. The number of halogens is 1. The Morgan fingerprint density at radius 1 is 1.38 bits per heavy atom. The molecule has 3 heterocycles. The number of aliphatic imine (C=N–C) groups is 1. The summed E-state index contributed by atoms with van der Waals surface area (Å²) in [6.07, 6.45) is 2.76. The van der Waals surface area contributed by atoms with Crippen LogP contribution in [-0.4, -0.2) is 49.2 Å². The maximum absolute atomic E-state index is 6.25. The second-order valence-electron chi connectivity index (χ2n) is 5.98. The summed E-state index contributed by atoms with van der Waals surface area (Å²) < 4.78 is 5.15. The van der Waals surface area contributed by atoms with Crippen LogP contribution in [0.15, 0.2) is 41.5 Å². The predicted molar refractivity (Wildman–Crippen MR) is 104 cm³/mol. The van der Waals surface area contributed by atoms with E-state index >= 15 is 0 Å². The van der Waals surface area contributed by atoms with Crippen LogP contribution in [-0.2, 0) is 6.54 Å². The maximum Gasteiger partial charge on any atom is 0.213 e. The van der Waals surface area contributed by atoms with Gasteiger partial charge in [-0.05, 0) is 24.6 Å². The van der Waals surface area contributed by atoms with Crippen molar-refractivity contribution in [1.29, 1.82) is 0 Å². The lowest BCUT2D eigenvalue weighted by atomic mass is 10.3. The molecule has 138 valence electrons. The molecular weight excluding hydrogens is 352 g/mol. The predicted octanol–water partition coefficient (Wildman–Crippen LogP) is 2.08. The Balaban J connectivity index is 1.53. The van der Waals surface area contributed by atoms with E-state index in [-0.39, 0.29) is 6.04 Å². The summed E-state index contributed by atoms with van der Waals surface area (Å²) in [6.45, 7) is 2.30. The third-order valence-electron chi connectivity index (χ3n) is 4.22. The minimum Gasteiger partial charge on any atom is -0.481 e. The van der Waals surface area contributed by atoms with Gasteiger partial charge in [0.1, 0.15) is 5.82 Å². The van der Waals surface area contributed by atoms with Crippen LogP contribution in [0.25, 0.3) is 0 Å². The largest absolute Gasteiger partial charge is 0.481 e. The fraction of sp³-hybridized carbons (Fsp3) is 0.389. The zero-order chi connectivity index (χ0) is 18.4. The first kappa shape index (κ1) is 18.3. The number of aromatic nitrogens is 2. The van der Waals surface area contributed by atoms with Gasteiger partial charge in [-0.3, -0.25) is 4.99 Å². The highest BCUT2D eigenvalue weighted by molar-refractivity contribution is 6.32. The van der Waals surface area contributed by atoms with Gasteiger partial charge in [0.25, 0.3) is 0 Å². The van der Waals surface area contributed by atoms with Crippen molar-refractivity contribution in [2.24, 2.45) is 4.99 Å². The fourth-order valence-electron chi connectivity index (χ4n) is 2.91. The Morgan fingerprint density at radius 3 is 3.04 bits per heavy atom. The lowest BCUT2D eigenvalue weighted by Gasteiger charge is -2.20. The molecule has 0 spiro atoms. The van der Waals surface area contributed by atoms with Crippen LogP contribution in [0, 0.1) is 0 Å². The average Bonchev–Trinajstić information content (AvgIpc) is 3.14. The van der Waals surface area contributed by atoms with Gasteiger partial charge >= 0.3 is 0 Å². The molecule has 1 aliphatic rings. The molecule has 0 bridgehead atoms. The molecule has 2 N–H and O–H groups in total. The first-order valence-electron chi connectivity index (χ1n) is 8.52. The summed E-state index contributed by atoms with van der Waals surface area (Å²) in [7, 11) is 3.37. The number of ether oxygens (including phenoxy) is 1. The molecule has 1 unspecified atom stereocenters. The topological polar surface area (TPSA) is 74.7 Å². The summed E-state index contributed by atoms with van der Waals surface area (Å²) in [5.74, 6) is 2.18. The number of anilines is 1. The van der Waals surface area contributed by atoms with Crippen molar-refractivity contribution < 1.29 is 4.74 Å². The molecule has 3 rings (SSSR count).